The summed E-state index contributed by atoms with van der Waals surface area (Å²) >= 11 is 0. The zero-order valence-corrected chi connectivity index (χ0v) is 13.5. The summed E-state index contributed by atoms with van der Waals surface area (Å²) in [5.74, 6) is 0.554. The van der Waals surface area contributed by atoms with Crippen molar-refractivity contribution < 1.29 is 19.0 Å². The van der Waals surface area contributed by atoms with Gasteiger partial charge in [-0.25, -0.2) is 4.39 Å². The Labute approximate surface area is 141 Å². The molecular weight excluding hydrogens is 309 g/mol. The molecule has 0 aliphatic carbocycles. The van der Waals surface area contributed by atoms with Crippen molar-refractivity contribution in [1.29, 1.82) is 0 Å². The number of phenolic OH excluding ortho intramolecular Hbond substituents is 1. The van der Waals surface area contributed by atoms with Gasteiger partial charge >= 0.3 is 0 Å². The molecule has 5 heteroatoms. The van der Waals surface area contributed by atoms with E-state index in [4.69, 9.17) is 4.74 Å². The molecule has 0 unspecified atom stereocenters. The van der Waals surface area contributed by atoms with Gasteiger partial charge in [0.05, 0.1) is 6.61 Å². The highest BCUT2D eigenvalue weighted by Gasteiger charge is 2.04. The molecule has 0 aliphatic rings. The fourth-order valence-electron chi connectivity index (χ4n) is 2.23. The number of carbonyl (C=O) groups is 1. The molecule has 24 heavy (non-hydrogen) atoms. The van der Waals surface area contributed by atoms with Crippen LogP contribution >= 0.6 is 0 Å². The van der Waals surface area contributed by atoms with Crippen molar-refractivity contribution in [3.63, 3.8) is 0 Å². The predicted molar refractivity (Wildman–Crippen MR) is 90.6 cm³/mol. The van der Waals surface area contributed by atoms with Crippen LogP contribution in [0.25, 0.3) is 0 Å². The third-order valence-corrected chi connectivity index (χ3v) is 3.59. The summed E-state index contributed by atoms with van der Waals surface area (Å²) in [5.41, 5.74) is 0.778. The lowest BCUT2D eigenvalue weighted by Gasteiger charge is -2.08. The van der Waals surface area contributed by atoms with Crippen LogP contribution in [-0.4, -0.2) is 24.2 Å². The molecule has 4 nitrogen and oxygen atoms in total. The number of ether oxygens (including phenoxy) is 1. The molecule has 0 saturated carbocycles. The minimum Gasteiger partial charge on any atom is -0.508 e. The molecule has 2 rings (SSSR count). The van der Waals surface area contributed by atoms with Gasteiger partial charge in [-0.1, -0.05) is 18.2 Å². The van der Waals surface area contributed by atoms with Gasteiger partial charge in [0.15, 0.2) is 0 Å². The molecule has 1 amide bonds. The number of aromatic hydroxyl groups is 1. The number of hydrogen-bond donors (Lipinski definition) is 2. The number of unbranched alkanes of at least 4 members (excludes halogenated alkanes) is 1. The van der Waals surface area contributed by atoms with E-state index in [1.165, 1.54) is 12.1 Å². The Kier molecular flexibility index (Phi) is 7.08. The van der Waals surface area contributed by atoms with Gasteiger partial charge in [0.2, 0.25) is 5.91 Å². The lowest BCUT2D eigenvalue weighted by atomic mass is 10.1. The highest BCUT2D eigenvalue weighted by molar-refractivity contribution is 5.76. The number of nitrogens with one attached hydrogen (secondary N) is 1. The van der Waals surface area contributed by atoms with Crippen molar-refractivity contribution in [3.8, 4) is 11.5 Å². The molecular formula is C19H22FNO3. The van der Waals surface area contributed by atoms with Crippen molar-refractivity contribution >= 4 is 5.91 Å². The standard InChI is InChI=1S/C19H22FNO3/c20-16-8-10-17(11-9-16)24-14-4-3-13-21-19(23)12-7-15-5-1-2-6-18(15)22/h1-2,5-6,8-11,22H,3-4,7,12-14H2,(H,21,23). The number of halogens is 1. The van der Waals surface area contributed by atoms with Crippen molar-refractivity contribution in [2.24, 2.45) is 0 Å². The van der Waals surface area contributed by atoms with E-state index in [-0.39, 0.29) is 17.5 Å². The number of phenols is 1. The van der Waals surface area contributed by atoms with E-state index < -0.39 is 0 Å². The Morgan fingerprint density at radius 3 is 2.58 bits per heavy atom. The number of aryl methyl sites for hydroxylation is 1. The number of amides is 1. The molecule has 0 fully saturated rings. The van der Waals surface area contributed by atoms with E-state index >= 15 is 0 Å². The average Bonchev–Trinajstić information content (AvgIpc) is 2.59. The fourth-order valence-corrected chi connectivity index (χ4v) is 2.23. The summed E-state index contributed by atoms with van der Waals surface area (Å²) in [4.78, 5) is 11.8. The van der Waals surface area contributed by atoms with Gasteiger partial charge in [-0.2, -0.15) is 0 Å². The Hall–Kier alpha value is -2.56. The minimum absolute atomic E-state index is 0.0299. The second kappa shape index (κ2) is 9.55. The molecule has 0 saturated heterocycles. The third kappa shape index (κ3) is 6.28. The van der Waals surface area contributed by atoms with Crippen LogP contribution in [0.15, 0.2) is 48.5 Å². The van der Waals surface area contributed by atoms with E-state index in [0.717, 1.165) is 18.4 Å². The van der Waals surface area contributed by atoms with Gasteiger partial charge in [-0.15, -0.1) is 0 Å². The molecule has 128 valence electrons. The highest BCUT2D eigenvalue weighted by Crippen LogP contribution is 2.17. The first-order chi connectivity index (χ1) is 11.6. The van der Waals surface area contributed by atoms with E-state index in [0.29, 0.717) is 31.7 Å². The average molecular weight is 331 g/mol. The largest absolute Gasteiger partial charge is 0.508 e. The Morgan fingerprint density at radius 1 is 1.08 bits per heavy atom. The van der Waals surface area contributed by atoms with Crippen molar-refractivity contribution in [2.45, 2.75) is 25.7 Å². The molecule has 0 atom stereocenters. The van der Waals surface area contributed by atoms with Crippen LogP contribution in [0.4, 0.5) is 4.39 Å². The topological polar surface area (TPSA) is 58.6 Å². The van der Waals surface area contributed by atoms with Crippen molar-refractivity contribution in [2.75, 3.05) is 13.2 Å². The highest BCUT2D eigenvalue weighted by atomic mass is 19.1. The quantitative estimate of drug-likeness (QED) is 0.692. The summed E-state index contributed by atoms with van der Waals surface area (Å²) < 4.78 is 18.2. The second-order valence-corrected chi connectivity index (χ2v) is 5.49. The molecule has 0 aromatic heterocycles. The maximum absolute atomic E-state index is 12.7. The molecule has 0 spiro atoms. The van der Waals surface area contributed by atoms with Gasteiger partial charge in [0.25, 0.3) is 0 Å². The molecule has 2 N–H and O–H groups in total. The van der Waals surface area contributed by atoms with E-state index in [9.17, 15) is 14.3 Å². The van der Waals surface area contributed by atoms with Crippen LogP contribution in [0.5, 0.6) is 11.5 Å². The third-order valence-electron chi connectivity index (χ3n) is 3.59. The van der Waals surface area contributed by atoms with Gasteiger partial charge in [-0.3, -0.25) is 4.79 Å². The normalized spacial score (nSPS) is 10.4. The van der Waals surface area contributed by atoms with Crippen LogP contribution in [0, 0.1) is 5.82 Å². The van der Waals surface area contributed by atoms with Crippen molar-refractivity contribution in [1.82, 2.24) is 5.32 Å². The van der Waals surface area contributed by atoms with Crippen LogP contribution in [0.3, 0.4) is 0 Å². The summed E-state index contributed by atoms with van der Waals surface area (Å²) in [5, 5.41) is 12.5. The lowest BCUT2D eigenvalue weighted by molar-refractivity contribution is -0.121. The molecule has 0 aliphatic heterocycles. The lowest BCUT2D eigenvalue weighted by Crippen LogP contribution is -2.24. The van der Waals surface area contributed by atoms with Crippen LogP contribution in [0.1, 0.15) is 24.8 Å². The van der Waals surface area contributed by atoms with Gasteiger partial charge in [0, 0.05) is 13.0 Å². The summed E-state index contributed by atoms with van der Waals surface area (Å²) in [6.07, 6.45) is 2.48. The molecule has 0 heterocycles. The zero-order valence-electron chi connectivity index (χ0n) is 13.5. The first-order valence-corrected chi connectivity index (χ1v) is 8.07. The monoisotopic (exact) mass is 331 g/mol. The molecule has 0 radical (unpaired) electrons. The van der Waals surface area contributed by atoms with Crippen LogP contribution in [-0.2, 0) is 11.2 Å². The smallest absolute Gasteiger partial charge is 0.220 e. The summed E-state index contributed by atoms with van der Waals surface area (Å²) in [6.45, 7) is 1.12. The van der Waals surface area contributed by atoms with Gasteiger partial charge < -0.3 is 15.2 Å². The number of hydrogen-bond acceptors (Lipinski definition) is 3. The fraction of sp³-hybridized carbons (Fsp3) is 0.316. The first-order valence-electron chi connectivity index (χ1n) is 8.07. The number of para-hydroxylation sites is 1. The second-order valence-electron chi connectivity index (χ2n) is 5.49. The summed E-state index contributed by atoms with van der Waals surface area (Å²) in [6, 6.07) is 12.9. The van der Waals surface area contributed by atoms with Gasteiger partial charge in [-0.05, 0) is 55.2 Å². The Morgan fingerprint density at radius 2 is 1.83 bits per heavy atom. The van der Waals surface area contributed by atoms with Crippen LogP contribution in [0.2, 0.25) is 0 Å². The zero-order chi connectivity index (χ0) is 17.2. The summed E-state index contributed by atoms with van der Waals surface area (Å²) in [7, 11) is 0. The van der Waals surface area contributed by atoms with E-state index in [1.54, 1.807) is 24.3 Å². The SMILES string of the molecule is O=C(CCc1ccccc1O)NCCCCOc1ccc(F)cc1. The molecule has 2 aromatic rings. The van der Waals surface area contributed by atoms with Crippen molar-refractivity contribution in [3.05, 3.63) is 59.9 Å². The van der Waals surface area contributed by atoms with Gasteiger partial charge in [0.1, 0.15) is 17.3 Å². The number of carbonyl (C=O) groups excluding carboxylic acids is 1. The first kappa shape index (κ1) is 17.8. The predicted octanol–water partition coefficient (Wildman–Crippen LogP) is 3.44. The Balaban J connectivity index is 1.53. The molecule has 0 bridgehead atoms. The Bertz CT molecular complexity index is 643. The molecule has 2 aromatic carbocycles. The number of rotatable bonds is 9. The minimum atomic E-state index is -0.283. The maximum atomic E-state index is 12.7. The van der Waals surface area contributed by atoms with Crippen LogP contribution < -0.4 is 10.1 Å². The van der Waals surface area contributed by atoms with E-state index in [2.05, 4.69) is 5.32 Å². The maximum Gasteiger partial charge on any atom is 0.220 e. The number of benzene rings is 2. The van der Waals surface area contributed by atoms with E-state index in [1.807, 2.05) is 12.1 Å².